The fourth-order valence-corrected chi connectivity index (χ4v) is 3.48. The Morgan fingerprint density at radius 2 is 1.90 bits per heavy atom. The van der Waals surface area contributed by atoms with Crippen LogP contribution in [-0.4, -0.2) is 43.3 Å². The van der Waals surface area contributed by atoms with Crippen LogP contribution >= 0.6 is 0 Å². The van der Waals surface area contributed by atoms with Crippen molar-refractivity contribution in [3.63, 3.8) is 0 Å². The Kier molecular flexibility index (Phi) is 4.63. The zero-order chi connectivity index (χ0) is 14.8. The molecule has 1 heterocycles. The topological polar surface area (TPSA) is 24.5 Å². The Bertz CT molecular complexity index is 473. The lowest BCUT2D eigenvalue weighted by molar-refractivity contribution is -0.0301. The van der Waals surface area contributed by atoms with Crippen molar-refractivity contribution in [3.05, 3.63) is 34.4 Å². The van der Waals surface area contributed by atoms with Crippen molar-refractivity contribution >= 4 is 0 Å². The molecule has 0 amide bonds. The van der Waals surface area contributed by atoms with E-state index >= 15 is 0 Å². The molecule has 1 saturated carbocycles. The molecule has 1 aromatic rings. The summed E-state index contributed by atoms with van der Waals surface area (Å²) in [4.78, 5) is 2.61. The Labute approximate surface area is 128 Å². The molecule has 3 rings (SSSR count). The second kappa shape index (κ2) is 6.47. The van der Waals surface area contributed by atoms with Gasteiger partial charge in [-0.25, -0.2) is 0 Å². The summed E-state index contributed by atoms with van der Waals surface area (Å²) in [5, 5.41) is 3.60. The molecule has 0 spiro atoms. The minimum absolute atomic E-state index is 0.352. The van der Waals surface area contributed by atoms with E-state index in [0.717, 1.165) is 38.8 Å². The molecule has 3 heteroatoms. The van der Waals surface area contributed by atoms with Crippen LogP contribution in [0.5, 0.6) is 0 Å². The predicted octanol–water partition coefficient (Wildman–Crippen LogP) is 2.56. The van der Waals surface area contributed by atoms with Crippen LogP contribution in [-0.2, 0) is 11.3 Å². The van der Waals surface area contributed by atoms with Crippen LogP contribution in [0.25, 0.3) is 0 Å². The molecule has 1 aromatic carbocycles. The third kappa shape index (κ3) is 3.85. The molecule has 21 heavy (non-hydrogen) atoms. The summed E-state index contributed by atoms with van der Waals surface area (Å²) >= 11 is 0. The van der Waals surface area contributed by atoms with E-state index < -0.39 is 0 Å². The molecule has 0 aromatic heterocycles. The molecule has 1 aliphatic carbocycles. The van der Waals surface area contributed by atoms with E-state index in [4.69, 9.17) is 4.74 Å². The van der Waals surface area contributed by atoms with Gasteiger partial charge in [0, 0.05) is 32.2 Å². The number of nitrogens with one attached hydrogen (secondary N) is 1. The van der Waals surface area contributed by atoms with E-state index in [1.807, 2.05) is 0 Å². The van der Waals surface area contributed by atoms with Crippen molar-refractivity contribution in [3.8, 4) is 0 Å². The maximum atomic E-state index is 5.90. The lowest BCUT2D eigenvalue weighted by Gasteiger charge is -2.33. The zero-order valence-corrected chi connectivity index (χ0v) is 13.6. The second-order valence-electron chi connectivity index (χ2n) is 6.73. The van der Waals surface area contributed by atoms with Gasteiger partial charge in [0.05, 0.1) is 12.7 Å². The van der Waals surface area contributed by atoms with E-state index in [2.05, 4.69) is 43.1 Å². The van der Waals surface area contributed by atoms with Crippen LogP contribution in [0.15, 0.2) is 12.1 Å². The summed E-state index contributed by atoms with van der Waals surface area (Å²) in [6, 6.07) is 5.41. The van der Waals surface area contributed by atoms with Crippen molar-refractivity contribution < 1.29 is 4.74 Å². The van der Waals surface area contributed by atoms with E-state index in [1.165, 1.54) is 35.1 Å². The normalized spacial score (nSPS) is 23.5. The lowest BCUT2D eigenvalue weighted by Crippen LogP contribution is -2.47. The summed E-state index contributed by atoms with van der Waals surface area (Å²) in [5.41, 5.74) is 5.58. The first-order valence-electron chi connectivity index (χ1n) is 8.26. The van der Waals surface area contributed by atoms with E-state index in [0.29, 0.717) is 6.10 Å². The van der Waals surface area contributed by atoms with Crippen molar-refractivity contribution in [1.82, 2.24) is 10.2 Å². The molecular weight excluding hydrogens is 260 g/mol. The summed E-state index contributed by atoms with van der Waals surface area (Å²) in [6.07, 6.45) is 3.13. The van der Waals surface area contributed by atoms with Crippen molar-refractivity contribution in [2.24, 2.45) is 0 Å². The first-order valence-corrected chi connectivity index (χ1v) is 8.26. The molecule has 1 atom stereocenters. The van der Waals surface area contributed by atoms with E-state index in [-0.39, 0.29) is 0 Å². The first-order chi connectivity index (χ1) is 10.1. The summed E-state index contributed by atoms with van der Waals surface area (Å²) < 4.78 is 5.90. The number of hydrogen-bond acceptors (Lipinski definition) is 3. The van der Waals surface area contributed by atoms with Crippen LogP contribution in [0.1, 0.15) is 35.1 Å². The van der Waals surface area contributed by atoms with Gasteiger partial charge in [-0.3, -0.25) is 4.90 Å². The predicted molar refractivity (Wildman–Crippen MR) is 86.7 cm³/mol. The van der Waals surface area contributed by atoms with Gasteiger partial charge in [0.15, 0.2) is 0 Å². The van der Waals surface area contributed by atoms with Gasteiger partial charge < -0.3 is 10.1 Å². The second-order valence-corrected chi connectivity index (χ2v) is 6.73. The van der Waals surface area contributed by atoms with Gasteiger partial charge in [0.25, 0.3) is 0 Å². The van der Waals surface area contributed by atoms with Crippen molar-refractivity contribution in [2.45, 2.75) is 52.3 Å². The van der Waals surface area contributed by atoms with Crippen LogP contribution in [0, 0.1) is 20.8 Å². The summed E-state index contributed by atoms with van der Waals surface area (Å²) in [7, 11) is 0. The lowest BCUT2D eigenvalue weighted by atomic mass is 10.00. The van der Waals surface area contributed by atoms with Crippen LogP contribution in [0.2, 0.25) is 0 Å². The molecule has 1 saturated heterocycles. The van der Waals surface area contributed by atoms with Gasteiger partial charge in [0.1, 0.15) is 0 Å². The number of rotatable bonds is 5. The third-order valence-corrected chi connectivity index (χ3v) is 4.75. The van der Waals surface area contributed by atoms with Crippen LogP contribution in [0.4, 0.5) is 0 Å². The minimum Gasteiger partial charge on any atom is -0.374 e. The molecule has 1 unspecified atom stereocenters. The van der Waals surface area contributed by atoms with Gasteiger partial charge in [0.2, 0.25) is 0 Å². The Hall–Kier alpha value is -0.900. The average Bonchev–Trinajstić information content (AvgIpc) is 3.26. The monoisotopic (exact) mass is 288 g/mol. The number of aryl methyl sites for hydroxylation is 3. The maximum Gasteiger partial charge on any atom is 0.0826 e. The average molecular weight is 288 g/mol. The van der Waals surface area contributed by atoms with Gasteiger partial charge in [-0.05, 0) is 50.3 Å². The number of hydrogen-bond donors (Lipinski definition) is 1. The maximum absolute atomic E-state index is 5.90. The highest BCUT2D eigenvalue weighted by molar-refractivity contribution is 5.37. The third-order valence-electron chi connectivity index (χ3n) is 4.75. The van der Waals surface area contributed by atoms with Crippen LogP contribution < -0.4 is 5.32 Å². The smallest absolute Gasteiger partial charge is 0.0826 e. The highest BCUT2D eigenvalue weighted by Gasteiger charge is 2.32. The summed E-state index contributed by atoms with van der Waals surface area (Å²) in [5.74, 6) is 0. The van der Waals surface area contributed by atoms with E-state index in [1.54, 1.807) is 0 Å². The molecule has 3 nitrogen and oxygen atoms in total. The van der Waals surface area contributed by atoms with Gasteiger partial charge >= 0.3 is 0 Å². The number of morpholine rings is 1. The Morgan fingerprint density at radius 1 is 1.19 bits per heavy atom. The Balaban J connectivity index is 1.49. The molecule has 0 bridgehead atoms. The zero-order valence-electron chi connectivity index (χ0n) is 13.6. The SMILES string of the molecule is Cc1cc(C)c(CNCC2CN(C3CC3)CCO2)c(C)c1. The minimum atomic E-state index is 0.352. The molecule has 1 N–H and O–H groups in total. The van der Waals surface area contributed by atoms with Crippen molar-refractivity contribution in [1.29, 1.82) is 0 Å². The summed E-state index contributed by atoms with van der Waals surface area (Å²) in [6.45, 7) is 11.6. The molecular formula is C18H28N2O. The number of benzene rings is 1. The molecule has 2 aliphatic rings. The highest BCUT2D eigenvalue weighted by Crippen LogP contribution is 2.28. The fourth-order valence-electron chi connectivity index (χ4n) is 3.48. The van der Waals surface area contributed by atoms with Gasteiger partial charge in [-0.1, -0.05) is 17.7 Å². The largest absolute Gasteiger partial charge is 0.374 e. The quantitative estimate of drug-likeness (QED) is 0.901. The molecule has 2 fully saturated rings. The number of ether oxygens (including phenoxy) is 1. The standard InChI is InChI=1S/C18H28N2O/c1-13-8-14(2)18(15(3)9-13)11-19-10-17-12-20(6-7-21-17)16-4-5-16/h8-9,16-17,19H,4-7,10-12H2,1-3H3. The number of nitrogens with zero attached hydrogens (tertiary/aromatic N) is 1. The first kappa shape index (κ1) is 15.0. The van der Waals surface area contributed by atoms with Gasteiger partial charge in [-0.15, -0.1) is 0 Å². The Morgan fingerprint density at radius 3 is 2.57 bits per heavy atom. The van der Waals surface area contributed by atoms with Crippen molar-refractivity contribution in [2.75, 3.05) is 26.2 Å². The fraction of sp³-hybridized carbons (Fsp3) is 0.667. The molecule has 1 aliphatic heterocycles. The van der Waals surface area contributed by atoms with Gasteiger partial charge in [-0.2, -0.15) is 0 Å². The van der Waals surface area contributed by atoms with E-state index in [9.17, 15) is 0 Å². The van der Waals surface area contributed by atoms with Crippen LogP contribution in [0.3, 0.4) is 0 Å². The molecule has 0 radical (unpaired) electrons. The highest BCUT2D eigenvalue weighted by atomic mass is 16.5. The molecule has 116 valence electrons.